The summed E-state index contributed by atoms with van der Waals surface area (Å²) in [4.78, 5) is 1.66. The number of hydrogen-bond acceptors (Lipinski definition) is 24. The number of nitriles is 2. The average molecular weight is 1290 g/mol. The number of hydrogen-bond donors (Lipinski definition) is 6. The van der Waals surface area contributed by atoms with Gasteiger partial charge in [-0.25, -0.2) is 41.2 Å². The molecule has 0 aliphatic rings. The van der Waals surface area contributed by atoms with Gasteiger partial charge in [0.1, 0.15) is 34.8 Å². The Morgan fingerprint density at radius 2 is 0.805 bits per heavy atom. The third-order valence-electron chi connectivity index (χ3n) is 7.24. The van der Waals surface area contributed by atoms with Crippen molar-refractivity contribution >= 4 is 124 Å². The summed E-state index contributed by atoms with van der Waals surface area (Å²) < 4.78 is 178. The Morgan fingerprint density at radius 1 is 0.494 bits per heavy atom. The van der Waals surface area contributed by atoms with Gasteiger partial charge in [-0.05, 0) is 71.4 Å². The van der Waals surface area contributed by atoms with Crippen molar-refractivity contribution in [2.24, 2.45) is 5.96 Å². The number of nitrogens with two attached hydrogens (primary N) is 1. The minimum absolute atomic E-state index is 0. The van der Waals surface area contributed by atoms with Crippen LogP contribution in [0.15, 0.2) is 80.2 Å². The number of phenolic OH excluding ortho intramolecular Hbond substituents is 1. The molecule has 6 rings (SSSR count). The molecule has 0 aliphatic heterocycles. The number of phenols is 1. The summed E-state index contributed by atoms with van der Waals surface area (Å²) in [5, 5.41) is 77.9. The largest absolute Gasteiger partial charge is 2.00 e. The zero-order chi connectivity index (χ0) is 52.0. The summed E-state index contributed by atoms with van der Waals surface area (Å²) in [5.41, 5.74) is -5.41. The van der Waals surface area contributed by atoms with E-state index in [1.807, 2.05) is 0 Å². The average Bonchev–Trinajstić information content (AvgIpc) is 3.34. The molecule has 0 radical (unpaired) electrons. The first-order valence-electron chi connectivity index (χ1n) is 16.1. The Balaban J connectivity index is -0.000000185. The Hall–Kier alpha value is -2.33. The fraction of sp³-hybridized carbons (Fsp3) is 0. The van der Waals surface area contributed by atoms with E-state index in [2.05, 4.69) is 43.4 Å². The maximum atomic E-state index is 14.3. The molecule has 0 atom stereocenters. The number of halogens is 13. The van der Waals surface area contributed by atoms with E-state index in [4.69, 9.17) is 30.3 Å². The van der Waals surface area contributed by atoms with E-state index in [0.717, 1.165) is 24.2 Å². The third-order valence-corrected chi connectivity index (χ3v) is 9.50. The third kappa shape index (κ3) is 26.4. The Morgan fingerprint density at radius 3 is 1.19 bits per heavy atom. The second-order valence-electron chi connectivity index (χ2n) is 10.9. The van der Waals surface area contributed by atoms with Gasteiger partial charge in [0.25, 0.3) is 0 Å². The second-order valence-corrected chi connectivity index (χ2v) is 14.0. The summed E-state index contributed by atoms with van der Waals surface area (Å²) in [6.07, 6.45) is 0. The SMILES string of the molecule is FN(F)F.N.N.N#Cc1c(F)c(F)c(F)c(F)c1F.N#Cc1c(F)c(F)c(Oc2cc(SOOO)cc3cc(SOOO)ccc23)c(F)c1F.NF.[Na+].[Na+].[O-]OOSc1ccc2c(O)cc(SOO[O-])cc2c1.[S-2].[S-2].[S-2].[S-2]. The molecule has 6 aromatic rings. The molecule has 0 unspecified atom stereocenters. The van der Waals surface area contributed by atoms with Gasteiger partial charge < -0.3 is 86.6 Å². The van der Waals surface area contributed by atoms with Crippen LogP contribution in [0.3, 0.4) is 0 Å². The quantitative estimate of drug-likeness (QED) is 0.0130. The first-order valence-corrected chi connectivity index (χ1v) is 19.1. The molecule has 0 aromatic heterocycles. The smallest absolute Gasteiger partial charge is 1.00 e. The predicted molar refractivity (Wildman–Crippen MR) is 239 cm³/mol. The molecule has 0 fully saturated rings. The molecular weight excluding hydrogens is 1270 g/mol. The molecule has 6 aromatic carbocycles. The standard InChI is InChI=1S/C17H7F4NO7S2.C10H8O7S2.C7F5N.F3N.FH2N.2H3N.2Na.4S/c18-13-11(6-22)14(19)16(21)17(15(13)20)25-12-5-9(31-29-27-24)4-7-3-8(30-28-26-23)1-2-10(7)12;11-10-5-8(19-17-15-13)4-6-3-7(18-16-14-12)1-2-9(6)10;8-3-2(1-13)4(9)6(11)7(12)5(3)10;1-4(2)3;1-2;;;;;;;;/h1-5,23-24H;1-5,11-13H;;;2H2;2*1H3;;;;;;/q;;;;;;;2*+1;4*-2/p-2. The van der Waals surface area contributed by atoms with E-state index in [9.17, 15) is 68.6 Å². The maximum absolute atomic E-state index is 14.3. The monoisotopic (exact) mass is 1290 g/mol. The first kappa shape index (κ1) is 88.5. The van der Waals surface area contributed by atoms with Gasteiger partial charge in [0, 0.05) is 30.4 Å². The van der Waals surface area contributed by atoms with Crippen LogP contribution in [0, 0.1) is 75.0 Å². The molecule has 77 heavy (non-hydrogen) atoms. The normalized spacial score (nSPS) is 9.36. The Bertz CT molecular complexity index is 2740. The Kier molecular flexibility index (Phi) is 53.2. The van der Waals surface area contributed by atoms with Crippen LogP contribution in [0.2, 0.25) is 0 Å². The van der Waals surface area contributed by atoms with Crippen LogP contribution >= 0.6 is 48.2 Å². The molecule has 20 nitrogen and oxygen atoms in total. The van der Waals surface area contributed by atoms with Crippen LogP contribution in [0.25, 0.3) is 21.5 Å². The number of benzene rings is 6. The molecule has 11 N–H and O–H groups in total. The van der Waals surface area contributed by atoms with Crippen molar-refractivity contribution in [2.75, 3.05) is 0 Å². The fourth-order valence-corrected chi connectivity index (χ4v) is 6.39. The van der Waals surface area contributed by atoms with Gasteiger partial charge >= 0.3 is 59.1 Å². The zero-order valence-corrected chi connectivity index (χ0v) is 47.7. The van der Waals surface area contributed by atoms with E-state index in [1.165, 1.54) is 36.4 Å². The number of fused-ring (bicyclic) bond motifs is 2. The Labute approximate surface area is 511 Å². The predicted octanol–water partition coefficient (Wildman–Crippen LogP) is 4.27. The van der Waals surface area contributed by atoms with Gasteiger partial charge in [-0.15, -0.1) is 13.1 Å². The maximum Gasteiger partial charge on any atom is 1.00 e. The van der Waals surface area contributed by atoms with Crippen LogP contribution in [-0.4, -0.2) is 21.2 Å². The van der Waals surface area contributed by atoms with Gasteiger partial charge in [0.2, 0.25) is 23.2 Å². The molecule has 420 valence electrons. The van der Waals surface area contributed by atoms with E-state index >= 15 is 0 Å². The van der Waals surface area contributed by atoms with Crippen molar-refractivity contribution in [3.63, 3.8) is 0 Å². The van der Waals surface area contributed by atoms with Crippen LogP contribution in [-0.2, 0) is 91.5 Å². The molecule has 0 bridgehead atoms. The minimum Gasteiger partial charge on any atom is -2.00 e. The number of rotatable bonds is 14. The van der Waals surface area contributed by atoms with Crippen molar-refractivity contribution in [3.05, 3.63) is 124 Å². The fourth-order valence-electron chi connectivity index (χ4n) is 4.70. The van der Waals surface area contributed by atoms with Crippen LogP contribution in [0.1, 0.15) is 11.1 Å². The summed E-state index contributed by atoms with van der Waals surface area (Å²) in [6.45, 7) is 0. The summed E-state index contributed by atoms with van der Waals surface area (Å²) in [5.74, 6) is -17.0. The van der Waals surface area contributed by atoms with E-state index in [1.54, 1.807) is 24.3 Å². The number of aromatic hydroxyl groups is 1. The van der Waals surface area contributed by atoms with Crippen molar-refractivity contribution < 1.29 is 185 Å². The topological polar surface area (TPSA) is 337 Å². The van der Waals surface area contributed by atoms with Crippen molar-refractivity contribution in [1.29, 1.82) is 10.5 Å². The van der Waals surface area contributed by atoms with E-state index < -0.39 is 74.8 Å². The van der Waals surface area contributed by atoms with Gasteiger partial charge in [0.15, 0.2) is 40.5 Å². The molecule has 0 saturated heterocycles. The van der Waals surface area contributed by atoms with Gasteiger partial charge in [0.05, 0.1) is 48.2 Å². The summed E-state index contributed by atoms with van der Waals surface area (Å²) in [7, 11) is 0. The van der Waals surface area contributed by atoms with Crippen LogP contribution < -0.4 is 92.6 Å². The molecule has 0 amide bonds. The van der Waals surface area contributed by atoms with Crippen molar-refractivity contribution in [2.45, 2.75) is 19.6 Å². The van der Waals surface area contributed by atoms with Gasteiger partial charge in [-0.1, -0.05) is 23.5 Å². The van der Waals surface area contributed by atoms with E-state index in [0.29, 0.717) is 67.0 Å². The molecule has 0 spiro atoms. The number of ether oxygens (including phenoxy) is 1. The summed E-state index contributed by atoms with van der Waals surface area (Å²) >= 11 is 2.49. The van der Waals surface area contributed by atoms with Crippen LogP contribution in [0.5, 0.6) is 17.2 Å². The van der Waals surface area contributed by atoms with Gasteiger partial charge in [-0.3, -0.25) is 10.1 Å². The number of nitrogens with zero attached hydrogens (tertiary/aromatic N) is 3. The van der Waals surface area contributed by atoms with Crippen LogP contribution in [0.4, 0.5) is 57.4 Å². The molecule has 0 saturated carbocycles. The molecule has 0 aliphatic carbocycles. The minimum atomic E-state index is -2.50. The van der Waals surface area contributed by atoms with E-state index in [-0.39, 0.29) is 147 Å². The molecular formula is C34H21F13N6Na2O14S8-8. The first-order chi connectivity index (χ1) is 32.9. The molecule has 0 heterocycles. The second kappa shape index (κ2) is 46.3. The summed E-state index contributed by atoms with van der Waals surface area (Å²) in [6, 6.07) is 17.0. The molecule has 43 heteroatoms. The van der Waals surface area contributed by atoms with Gasteiger partial charge in [-0.2, -0.15) is 33.9 Å². The van der Waals surface area contributed by atoms with Crippen molar-refractivity contribution in [3.8, 4) is 29.4 Å². The zero-order valence-electron chi connectivity index (χ0n) is 37.1. The van der Waals surface area contributed by atoms with Crippen molar-refractivity contribution in [1.82, 2.24) is 17.9 Å².